The summed E-state index contributed by atoms with van der Waals surface area (Å²) < 4.78 is 31.2. The van der Waals surface area contributed by atoms with E-state index in [1.165, 1.54) is 12.1 Å². The zero-order valence-electron chi connectivity index (χ0n) is 16.8. The lowest BCUT2D eigenvalue weighted by atomic mass is 9.98. The van der Waals surface area contributed by atoms with Crippen LogP contribution in [0.25, 0.3) is 22.4 Å². The number of hydrogen-bond donors (Lipinski definition) is 0. The Labute approximate surface area is 181 Å². The lowest BCUT2D eigenvalue weighted by Crippen LogP contribution is -2.10. The Balaban J connectivity index is 1.89. The standard InChI is InChI=1S/C26H19NO3S/c1-19-11-13-20(14-12-19)22(18-27)17-25-24-10-6-5-7-21(24)15-16-26(25)30-31(28,29)23-8-3-2-4-9-23/h2-17H,1H3/b22-17+. The largest absolute Gasteiger partial charge is 0.378 e. The van der Waals surface area contributed by atoms with Crippen LogP contribution in [0.2, 0.25) is 0 Å². The minimum absolute atomic E-state index is 0.0668. The van der Waals surface area contributed by atoms with Crippen molar-refractivity contribution in [3.05, 3.63) is 108 Å². The van der Waals surface area contributed by atoms with Crippen molar-refractivity contribution in [2.75, 3.05) is 0 Å². The highest BCUT2D eigenvalue weighted by atomic mass is 32.2. The Hall–Kier alpha value is -3.88. The summed E-state index contributed by atoms with van der Waals surface area (Å²) in [6.07, 6.45) is 1.68. The van der Waals surface area contributed by atoms with E-state index in [2.05, 4.69) is 6.07 Å². The van der Waals surface area contributed by atoms with E-state index in [1.54, 1.807) is 36.4 Å². The number of rotatable bonds is 5. The predicted octanol–water partition coefficient (Wildman–Crippen LogP) is 5.98. The summed E-state index contributed by atoms with van der Waals surface area (Å²) in [6.45, 7) is 1.98. The van der Waals surface area contributed by atoms with Crippen LogP contribution in [0.4, 0.5) is 0 Å². The maximum absolute atomic E-state index is 12.8. The molecule has 0 aliphatic rings. The first-order valence-corrected chi connectivity index (χ1v) is 11.1. The number of hydrogen-bond acceptors (Lipinski definition) is 4. The second-order valence-corrected chi connectivity index (χ2v) is 8.63. The Morgan fingerprint density at radius 3 is 2.26 bits per heavy atom. The summed E-state index contributed by atoms with van der Waals surface area (Å²) >= 11 is 0. The molecule has 0 bridgehead atoms. The molecule has 0 spiro atoms. The minimum atomic E-state index is -4.03. The van der Waals surface area contributed by atoms with E-state index < -0.39 is 10.1 Å². The molecule has 0 saturated heterocycles. The molecule has 0 amide bonds. The summed E-state index contributed by atoms with van der Waals surface area (Å²) in [6, 6.07) is 28.8. The molecule has 0 aliphatic carbocycles. The van der Waals surface area contributed by atoms with Crippen molar-refractivity contribution in [3.63, 3.8) is 0 Å². The third kappa shape index (κ3) is 4.35. The van der Waals surface area contributed by atoms with Crippen molar-refractivity contribution in [2.24, 2.45) is 0 Å². The number of benzene rings is 4. The predicted molar refractivity (Wildman–Crippen MR) is 123 cm³/mol. The van der Waals surface area contributed by atoms with Crippen LogP contribution in [0.1, 0.15) is 16.7 Å². The summed E-state index contributed by atoms with van der Waals surface area (Å²) in [5.41, 5.74) is 2.79. The van der Waals surface area contributed by atoms with E-state index >= 15 is 0 Å². The molecule has 0 saturated carbocycles. The van der Waals surface area contributed by atoms with E-state index in [-0.39, 0.29) is 10.6 Å². The third-order valence-electron chi connectivity index (χ3n) is 4.93. The van der Waals surface area contributed by atoms with Crippen LogP contribution in [-0.2, 0) is 10.1 Å². The first kappa shape index (κ1) is 20.4. The molecule has 0 atom stereocenters. The average Bonchev–Trinajstić information content (AvgIpc) is 2.79. The maximum Gasteiger partial charge on any atom is 0.339 e. The molecular formula is C26H19NO3S. The Morgan fingerprint density at radius 1 is 0.871 bits per heavy atom. The van der Waals surface area contributed by atoms with Gasteiger partial charge >= 0.3 is 10.1 Å². The van der Waals surface area contributed by atoms with Gasteiger partial charge in [-0.15, -0.1) is 0 Å². The Bertz CT molecular complexity index is 1420. The number of nitriles is 1. The number of fused-ring (bicyclic) bond motifs is 1. The van der Waals surface area contributed by atoms with Crippen LogP contribution in [-0.4, -0.2) is 8.42 Å². The SMILES string of the molecule is Cc1ccc(/C(C#N)=C/c2c(OS(=O)(=O)c3ccccc3)ccc3ccccc23)cc1. The number of nitrogens with zero attached hydrogens (tertiary/aromatic N) is 1. The molecule has 0 fully saturated rings. The lowest BCUT2D eigenvalue weighted by molar-refractivity contribution is 0.486. The lowest BCUT2D eigenvalue weighted by Gasteiger charge is -2.13. The van der Waals surface area contributed by atoms with Crippen molar-refractivity contribution >= 4 is 32.5 Å². The fourth-order valence-corrected chi connectivity index (χ4v) is 4.28. The fourth-order valence-electron chi connectivity index (χ4n) is 3.31. The molecule has 4 rings (SSSR count). The van der Waals surface area contributed by atoms with Gasteiger partial charge in [-0.05, 0) is 47.5 Å². The first-order chi connectivity index (χ1) is 15.0. The highest BCUT2D eigenvalue weighted by molar-refractivity contribution is 7.87. The second kappa shape index (κ2) is 8.47. The molecule has 5 heteroatoms. The number of allylic oxidation sites excluding steroid dienone is 1. The van der Waals surface area contributed by atoms with Gasteiger partial charge in [0.15, 0.2) is 5.75 Å². The second-order valence-electron chi connectivity index (χ2n) is 7.08. The first-order valence-electron chi connectivity index (χ1n) is 9.68. The molecule has 4 aromatic rings. The van der Waals surface area contributed by atoms with Gasteiger partial charge in [-0.3, -0.25) is 0 Å². The van der Waals surface area contributed by atoms with Crippen LogP contribution in [0.15, 0.2) is 95.9 Å². The third-order valence-corrected chi connectivity index (χ3v) is 6.18. The minimum Gasteiger partial charge on any atom is -0.378 e. The van der Waals surface area contributed by atoms with Crippen LogP contribution in [0, 0.1) is 18.3 Å². The molecule has 0 aromatic heterocycles. The molecule has 0 heterocycles. The van der Waals surface area contributed by atoms with Crippen molar-refractivity contribution in [1.29, 1.82) is 5.26 Å². The van der Waals surface area contributed by atoms with Gasteiger partial charge < -0.3 is 4.18 Å². The molecule has 0 radical (unpaired) electrons. The maximum atomic E-state index is 12.8. The topological polar surface area (TPSA) is 67.2 Å². The van der Waals surface area contributed by atoms with Crippen LogP contribution in [0.3, 0.4) is 0 Å². The Kier molecular flexibility index (Phi) is 5.57. The smallest absolute Gasteiger partial charge is 0.339 e. The van der Waals surface area contributed by atoms with Gasteiger partial charge in [0.2, 0.25) is 0 Å². The highest BCUT2D eigenvalue weighted by Crippen LogP contribution is 2.33. The van der Waals surface area contributed by atoms with Crippen molar-refractivity contribution in [3.8, 4) is 11.8 Å². The Morgan fingerprint density at radius 2 is 1.55 bits per heavy atom. The van der Waals surface area contributed by atoms with E-state index in [0.717, 1.165) is 21.9 Å². The monoisotopic (exact) mass is 425 g/mol. The van der Waals surface area contributed by atoms with Gasteiger partial charge in [-0.1, -0.05) is 78.4 Å². The van der Waals surface area contributed by atoms with Crippen LogP contribution >= 0.6 is 0 Å². The summed E-state index contributed by atoms with van der Waals surface area (Å²) in [5, 5.41) is 11.5. The summed E-state index contributed by atoms with van der Waals surface area (Å²) in [4.78, 5) is 0.0668. The van der Waals surface area contributed by atoms with E-state index in [1.807, 2.05) is 55.5 Å². The van der Waals surface area contributed by atoms with Crippen LogP contribution in [0.5, 0.6) is 5.75 Å². The molecule has 152 valence electrons. The van der Waals surface area contributed by atoms with Crippen molar-refractivity contribution < 1.29 is 12.6 Å². The fraction of sp³-hybridized carbons (Fsp3) is 0.0385. The van der Waals surface area contributed by atoms with Gasteiger partial charge in [0, 0.05) is 5.56 Å². The highest BCUT2D eigenvalue weighted by Gasteiger charge is 2.19. The molecular weight excluding hydrogens is 406 g/mol. The normalized spacial score (nSPS) is 11.8. The summed E-state index contributed by atoms with van der Waals surface area (Å²) in [5.74, 6) is 0.169. The van der Waals surface area contributed by atoms with Gasteiger partial charge in [-0.2, -0.15) is 13.7 Å². The van der Waals surface area contributed by atoms with E-state index in [4.69, 9.17) is 4.18 Å². The molecule has 31 heavy (non-hydrogen) atoms. The summed E-state index contributed by atoms with van der Waals surface area (Å²) in [7, 11) is -4.03. The van der Waals surface area contributed by atoms with Gasteiger partial charge in [-0.25, -0.2) is 0 Å². The molecule has 4 aromatic carbocycles. The molecule has 0 aliphatic heterocycles. The molecule has 0 N–H and O–H groups in total. The number of aryl methyl sites for hydroxylation is 1. The molecule has 4 nitrogen and oxygen atoms in total. The zero-order chi connectivity index (χ0) is 21.8. The molecule has 0 unspecified atom stereocenters. The van der Waals surface area contributed by atoms with Crippen molar-refractivity contribution in [1.82, 2.24) is 0 Å². The van der Waals surface area contributed by atoms with Gasteiger partial charge in [0.25, 0.3) is 0 Å². The van der Waals surface area contributed by atoms with E-state index in [9.17, 15) is 13.7 Å². The van der Waals surface area contributed by atoms with Crippen molar-refractivity contribution in [2.45, 2.75) is 11.8 Å². The van der Waals surface area contributed by atoms with E-state index in [0.29, 0.717) is 11.1 Å². The van der Waals surface area contributed by atoms with Gasteiger partial charge in [0.1, 0.15) is 4.90 Å². The van der Waals surface area contributed by atoms with Crippen LogP contribution < -0.4 is 4.18 Å². The quantitative estimate of drug-likeness (QED) is 0.224. The van der Waals surface area contributed by atoms with Gasteiger partial charge in [0.05, 0.1) is 11.6 Å². The zero-order valence-corrected chi connectivity index (χ0v) is 17.6. The average molecular weight is 426 g/mol.